The van der Waals surface area contributed by atoms with Gasteiger partial charge in [0.05, 0.1) is 14.2 Å². The summed E-state index contributed by atoms with van der Waals surface area (Å²) in [7, 11) is 2.99. The van der Waals surface area contributed by atoms with Crippen LogP contribution in [0.15, 0.2) is 18.2 Å². The van der Waals surface area contributed by atoms with E-state index in [4.69, 9.17) is 20.4 Å². The third kappa shape index (κ3) is 2.41. The standard InChI is InChI=1S/C10H14N2O4/c1-15-7-4-3-6(5-8(7)16-2)9(12-11)10(13)14/h3-5,9,12H,11H2,1-2H3,(H,13,14). The summed E-state index contributed by atoms with van der Waals surface area (Å²) in [6, 6.07) is 3.83. The average molecular weight is 226 g/mol. The molecule has 0 aliphatic heterocycles. The van der Waals surface area contributed by atoms with Crippen LogP contribution in [-0.2, 0) is 4.79 Å². The predicted octanol–water partition coefficient (Wildman–Crippen LogP) is 0.293. The number of nitrogens with two attached hydrogens (primary N) is 1. The van der Waals surface area contributed by atoms with Gasteiger partial charge in [0.15, 0.2) is 11.5 Å². The highest BCUT2D eigenvalue weighted by Gasteiger charge is 2.19. The zero-order valence-corrected chi connectivity index (χ0v) is 9.06. The molecule has 16 heavy (non-hydrogen) atoms. The number of benzene rings is 1. The van der Waals surface area contributed by atoms with Crippen LogP contribution in [0.1, 0.15) is 11.6 Å². The highest BCUT2D eigenvalue weighted by molar-refractivity contribution is 5.75. The highest BCUT2D eigenvalue weighted by Crippen LogP contribution is 2.29. The van der Waals surface area contributed by atoms with Crippen molar-refractivity contribution in [2.45, 2.75) is 6.04 Å². The van der Waals surface area contributed by atoms with Crippen molar-refractivity contribution in [2.24, 2.45) is 5.84 Å². The Balaban J connectivity index is 3.11. The maximum atomic E-state index is 10.9. The van der Waals surface area contributed by atoms with Gasteiger partial charge in [0.2, 0.25) is 0 Å². The first kappa shape index (κ1) is 12.3. The Hall–Kier alpha value is -1.79. The summed E-state index contributed by atoms with van der Waals surface area (Å²) >= 11 is 0. The lowest BCUT2D eigenvalue weighted by Gasteiger charge is -2.14. The number of aliphatic carboxylic acids is 1. The second-order valence-corrected chi connectivity index (χ2v) is 3.05. The van der Waals surface area contributed by atoms with Crippen LogP contribution in [0.4, 0.5) is 0 Å². The Morgan fingerprint density at radius 2 is 2.00 bits per heavy atom. The van der Waals surface area contributed by atoms with Gasteiger partial charge in [0.25, 0.3) is 0 Å². The lowest BCUT2D eigenvalue weighted by Crippen LogP contribution is -2.33. The van der Waals surface area contributed by atoms with Crippen molar-refractivity contribution >= 4 is 5.97 Å². The SMILES string of the molecule is COc1ccc(C(NN)C(=O)O)cc1OC. The number of methoxy groups -OCH3 is 2. The van der Waals surface area contributed by atoms with E-state index >= 15 is 0 Å². The van der Waals surface area contributed by atoms with Crippen LogP contribution < -0.4 is 20.7 Å². The summed E-state index contributed by atoms with van der Waals surface area (Å²) in [4.78, 5) is 10.9. The maximum Gasteiger partial charge on any atom is 0.326 e. The van der Waals surface area contributed by atoms with Gasteiger partial charge >= 0.3 is 5.97 Å². The Bertz CT molecular complexity index is 381. The smallest absolute Gasteiger partial charge is 0.326 e. The minimum absolute atomic E-state index is 0.460. The van der Waals surface area contributed by atoms with E-state index in [1.165, 1.54) is 14.2 Å². The number of carbonyl (C=O) groups is 1. The van der Waals surface area contributed by atoms with Crippen molar-refractivity contribution in [2.75, 3.05) is 14.2 Å². The molecule has 1 rings (SSSR count). The zero-order chi connectivity index (χ0) is 12.1. The van der Waals surface area contributed by atoms with Crippen LogP contribution in [0.2, 0.25) is 0 Å². The van der Waals surface area contributed by atoms with Gasteiger partial charge in [-0.3, -0.25) is 10.6 Å². The van der Waals surface area contributed by atoms with E-state index in [-0.39, 0.29) is 0 Å². The molecule has 0 radical (unpaired) electrons. The quantitative estimate of drug-likeness (QED) is 0.493. The molecule has 88 valence electrons. The molecule has 0 saturated carbocycles. The number of carboxylic acids is 1. The molecule has 1 aromatic rings. The molecule has 0 amide bonds. The summed E-state index contributed by atoms with van der Waals surface area (Å²) in [5.74, 6) is 5.10. The van der Waals surface area contributed by atoms with E-state index in [0.717, 1.165) is 0 Å². The molecular weight excluding hydrogens is 212 g/mol. The fourth-order valence-corrected chi connectivity index (χ4v) is 1.34. The largest absolute Gasteiger partial charge is 0.493 e. The van der Waals surface area contributed by atoms with Crippen molar-refractivity contribution in [3.8, 4) is 11.5 Å². The molecule has 0 heterocycles. The van der Waals surface area contributed by atoms with Crippen LogP contribution in [0.25, 0.3) is 0 Å². The van der Waals surface area contributed by atoms with E-state index in [0.29, 0.717) is 17.1 Å². The molecule has 0 spiro atoms. The van der Waals surface area contributed by atoms with E-state index in [1.807, 2.05) is 0 Å². The van der Waals surface area contributed by atoms with Gasteiger partial charge in [0, 0.05) is 0 Å². The minimum atomic E-state index is -1.06. The van der Waals surface area contributed by atoms with Gasteiger partial charge in [-0.15, -0.1) is 0 Å². The molecule has 4 N–H and O–H groups in total. The van der Waals surface area contributed by atoms with Gasteiger partial charge in [0.1, 0.15) is 6.04 Å². The van der Waals surface area contributed by atoms with E-state index in [2.05, 4.69) is 5.43 Å². The van der Waals surface area contributed by atoms with Gasteiger partial charge in [-0.05, 0) is 17.7 Å². The molecule has 6 heteroatoms. The summed E-state index contributed by atoms with van der Waals surface area (Å²) < 4.78 is 10.1. The second-order valence-electron chi connectivity index (χ2n) is 3.05. The number of ether oxygens (including phenoxy) is 2. The van der Waals surface area contributed by atoms with Crippen LogP contribution >= 0.6 is 0 Å². The maximum absolute atomic E-state index is 10.9. The van der Waals surface area contributed by atoms with Crippen molar-refractivity contribution in [3.63, 3.8) is 0 Å². The van der Waals surface area contributed by atoms with Crippen molar-refractivity contribution in [1.82, 2.24) is 5.43 Å². The van der Waals surface area contributed by atoms with Gasteiger partial charge in [-0.1, -0.05) is 6.07 Å². The zero-order valence-electron chi connectivity index (χ0n) is 9.06. The average Bonchev–Trinajstić information content (AvgIpc) is 2.29. The molecule has 1 atom stereocenters. The Labute approximate surface area is 92.9 Å². The van der Waals surface area contributed by atoms with E-state index < -0.39 is 12.0 Å². The van der Waals surface area contributed by atoms with Gasteiger partial charge < -0.3 is 14.6 Å². The van der Waals surface area contributed by atoms with Crippen LogP contribution in [0.5, 0.6) is 11.5 Å². The number of carboxylic acid groups (broad SMARTS) is 1. The summed E-state index contributed by atoms with van der Waals surface area (Å²) in [6.07, 6.45) is 0. The Morgan fingerprint density at radius 3 is 2.44 bits per heavy atom. The fraction of sp³-hybridized carbons (Fsp3) is 0.300. The molecule has 0 bridgehead atoms. The third-order valence-corrected chi connectivity index (χ3v) is 2.15. The minimum Gasteiger partial charge on any atom is -0.493 e. The molecule has 0 aliphatic carbocycles. The Kier molecular flexibility index (Phi) is 4.10. The van der Waals surface area contributed by atoms with Gasteiger partial charge in [-0.25, -0.2) is 5.43 Å². The molecular formula is C10H14N2O4. The molecule has 0 aromatic heterocycles. The predicted molar refractivity (Wildman–Crippen MR) is 57.2 cm³/mol. The first-order valence-corrected chi connectivity index (χ1v) is 4.55. The van der Waals surface area contributed by atoms with Crippen molar-refractivity contribution < 1.29 is 19.4 Å². The van der Waals surface area contributed by atoms with Crippen LogP contribution in [-0.4, -0.2) is 25.3 Å². The van der Waals surface area contributed by atoms with Crippen LogP contribution in [0.3, 0.4) is 0 Å². The number of hydrogen-bond acceptors (Lipinski definition) is 5. The third-order valence-electron chi connectivity index (χ3n) is 2.15. The molecule has 1 unspecified atom stereocenters. The number of nitrogens with one attached hydrogen (secondary N) is 1. The summed E-state index contributed by atoms with van der Waals surface area (Å²) in [5.41, 5.74) is 2.70. The lowest BCUT2D eigenvalue weighted by atomic mass is 10.1. The first-order chi connectivity index (χ1) is 7.63. The molecule has 1 aromatic carbocycles. The highest BCUT2D eigenvalue weighted by atomic mass is 16.5. The van der Waals surface area contributed by atoms with Gasteiger partial charge in [-0.2, -0.15) is 0 Å². The first-order valence-electron chi connectivity index (χ1n) is 4.55. The van der Waals surface area contributed by atoms with E-state index in [9.17, 15) is 4.79 Å². The summed E-state index contributed by atoms with van der Waals surface area (Å²) in [6.45, 7) is 0. The van der Waals surface area contributed by atoms with Crippen molar-refractivity contribution in [3.05, 3.63) is 23.8 Å². The van der Waals surface area contributed by atoms with Crippen LogP contribution in [0, 0.1) is 0 Å². The number of hydrogen-bond donors (Lipinski definition) is 3. The summed E-state index contributed by atoms with van der Waals surface area (Å²) in [5, 5.41) is 8.90. The fourth-order valence-electron chi connectivity index (χ4n) is 1.34. The molecule has 0 fully saturated rings. The van der Waals surface area contributed by atoms with E-state index in [1.54, 1.807) is 18.2 Å². The molecule has 0 saturated heterocycles. The normalized spacial score (nSPS) is 11.9. The molecule has 6 nitrogen and oxygen atoms in total. The second kappa shape index (κ2) is 5.34. The number of rotatable bonds is 5. The van der Waals surface area contributed by atoms with Crippen molar-refractivity contribution in [1.29, 1.82) is 0 Å². The lowest BCUT2D eigenvalue weighted by molar-refractivity contribution is -0.139. The monoisotopic (exact) mass is 226 g/mol. The molecule has 0 aliphatic rings. The number of hydrazine groups is 1. The Morgan fingerprint density at radius 1 is 1.38 bits per heavy atom. The topological polar surface area (TPSA) is 93.8 Å².